The molecule has 0 bridgehead atoms. The summed E-state index contributed by atoms with van der Waals surface area (Å²) >= 11 is 12.4. The van der Waals surface area contributed by atoms with Gasteiger partial charge in [-0.05, 0) is 55.9 Å². The van der Waals surface area contributed by atoms with Gasteiger partial charge in [-0.3, -0.25) is 9.59 Å². The largest absolute Gasteiger partial charge is 0.360 e. The highest BCUT2D eigenvalue weighted by atomic mass is 35.5. The molecule has 224 valence electrons. The van der Waals surface area contributed by atoms with E-state index in [2.05, 4.69) is 10.5 Å². The summed E-state index contributed by atoms with van der Waals surface area (Å²) in [6.07, 6.45) is 1.36. The summed E-state index contributed by atoms with van der Waals surface area (Å²) in [6, 6.07) is 10.8. The van der Waals surface area contributed by atoms with Crippen LogP contribution < -0.4 is 5.32 Å². The molecule has 1 N–H and O–H groups in total. The second-order valence-corrected chi connectivity index (χ2v) is 10.7. The Balaban J connectivity index is 0.00000141. The van der Waals surface area contributed by atoms with E-state index in [1.165, 1.54) is 12.1 Å². The summed E-state index contributed by atoms with van der Waals surface area (Å²) in [6.45, 7) is 16.2. The average Bonchev–Trinajstić information content (AvgIpc) is 3.60. The Morgan fingerprint density at radius 1 is 1.02 bits per heavy atom. The van der Waals surface area contributed by atoms with Gasteiger partial charge in [-0.25, -0.2) is 4.39 Å². The Kier molecular flexibility index (Phi) is 13.3. The van der Waals surface area contributed by atoms with Crippen LogP contribution in [0.1, 0.15) is 90.3 Å². The fourth-order valence-electron chi connectivity index (χ4n) is 4.90. The number of hydrogen-bond acceptors (Lipinski definition) is 4. The van der Waals surface area contributed by atoms with Crippen molar-refractivity contribution in [1.29, 1.82) is 0 Å². The van der Waals surface area contributed by atoms with Gasteiger partial charge < -0.3 is 14.7 Å². The van der Waals surface area contributed by atoms with Gasteiger partial charge in [0.1, 0.15) is 23.5 Å². The molecule has 1 aliphatic rings. The lowest BCUT2D eigenvalue weighted by Crippen LogP contribution is -2.48. The van der Waals surface area contributed by atoms with Crippen LogP contribution in [0.5, 0.6) is 0 Å². The van der Waals surface area contributed by atoms with Gasteiger partial charge >= 0.3 is 0 Å². The average molecular weight is 607 g/mol. The molecule has 0 saturated carbocycles. The summed E-state index contributed by atoms with van der Waals surface area (Å²) in [5, 5.41) is 7.45. The van der Waals surface area contributed by atoms with Crippen LogP contribution in [-0.2, 0) is 9.59 Å². The van der Waals surface area contributed by atoms with E-state index in [1.54, 1.807) is 11.0 Å². The van der Waals surface area contributed by atoms with Gasteiger partial charge in [-0.15, -0.1) is 0 Å². The number of carbonyl (C=O) groups excluding carboxylic acids is 2. The van der Waals surface area contributed by atoms with Crippen molar-refractivity contribution >= 4 is 35.0 Å². The number of aryl methyl sites for hydroxylation is 1. The van der Waals surface area contributed by atoms with Crippen molar-refractivity contribution in [3.05, 3.63) is 75.3 Å². The standard InChI is InChI=1S/C28H30Cl2FN3O3.2C2H6/c1-15(2)25(24-12-16(3)33-37-24)28(36)34-11-5-6-23(34)27(35)32-17(4)18-7-9-19(10-8-18)26-21(29)13-20(31)14-22(26)30;2*1-2/h7-10,12-15,17,23,25H,5-6,11H2,1-4H3,(H,32,35);2*1-2H3. The fourth-order valence-corrected chi connectivity index (χ4v) is 5.57. The Morgan fingerprint density at radius 3 is 2.12 bits per heavy atom. The summed E-state index contributed by atoms with van der Waals surface area (Å²) < 4.78 is 19.0. The number of aromatic nitrogens is 1. The molecule has 9 heteroatoms. The number of hydrogen-bond donors (Lipinski definition) is 1. The number of nitrogens with zero attached hydrogens (tertiary/aromatic N) is 2. The van der Waals surface area contributed by atoms with Crippen molar-refractivity contribution in [2.45, 2.75) is 86.2 Å². The van der Waals surface area contributed by atoms with Gasteiger partial charge in [0.05, 0.1) is 21.8 Å². The maximum absolute atomic E-state index is 13.6. The number of carbonyl (C=O) groups is 2. The predicted octanol–water partition coefficient (Wildman–Crippen LogP) is 8.76. The molecule has 3 aromatic rings. The van der Waals surface area contributed by atoms with Gasteiger partial charge in [-0.1, -0.05) is 94.2 Å². The van der Waals surface area contributed by atoms with Crippen LogP contribution in [0.25, 0.3) is 11.1 Å². The number of rotatable bonds is 7. The first-order chi connectivity index (χ1) is 19.6. The Hall–Kier alpha value is -2.90. The van der Waals surface area contributed by atoms with Crippen molar-refractivity contribution in [2.24, 2.45) is 5.92 Å². The molecule has 1 aromatic heterocycles. The van der Waals surface area contributed by atoms with Crippen LogP contribution in [0.15, 0.2) is 47.0 Å². The fraction of sp³-hybridized carbons (Fsp3) is 0.469. The number of benzene rings is 2. The van der Waals surface area contributed by atoms with E-state index in [0.29, 0.717) is 30.0 Å². The van der Waals surface area contributed by atoms with Crippen molar-refractivity contribution in [3.8, 4) is 11.1 Å². The van der Waals surface area contributed by atoms with Gasteiger partial charge in [0, 0.05) is 18.2 Å². The van der Waals surface area contributed by atoms with Crippen LogP contribution in [0.3, 0.4) is 0 Å². The summed E-state index contributed by atoms with van der Waals surface area (Å²) in [4.78, 5) is 28.5. The third-order valence-electron chi connectivity index (χ3n) is 6.79. The number of nitrogens with one attached hydrogen (secondary N) is 1. The van der Waals surface area contributed by atoms with Crippen LogP contribution in [0.2, 0.25) is 10.0 Å². The van der Waals surface area contributed by atoms with Crippen molar-refractivity contribution in [3.63, 3.8) is 0 Å². The monoisotopic (exact) mass is 605 g/mol. The normalized spacial score (nSPS) is 15.8. The highest BCUT2D eigenvalue weighted by molar-refractivity contribution is 6.39. The molecule has 1 aliphatic heterocycles. The topological polar surface area (TPSA) is 75.4 Å². The molecular weight excluding hydrogens is 564 g/mol. The Bertz CT molecular complexity index is 1270. The van der Waals surface area contributed by atoms with E-state index in [4.69, 9.17) is 27.7 Å². The zero-order valence-electron chi connectivity index (χ0n) is 25.2. The highest BCUT2D eigenvalue weighted by Crippen LogP contribution is 2.36. The zero-order valence-corrected chi connectivity index (χ0v) is 26.7. The third kappa shape index (κ3) is 8.32. The Morgan fingerprint density at radius 2 is 1.61 bits per heavy atom. The molecule has 6 nitrogen and oxygen atoms in total. The number of halogens is 3. The van der Waals surface area contributed by atoms with Gasteiger partial charge in [-0.2, -0.15) is 0 Å². The van der Waals surface area contributed by atoms with Gasteiger partial charge in [0.15, 0.2) is 0 Å². The maximum Gasteiger partial charge on any atom is 0.243 e. The van der Waals surface area contributed by atoms with Gasteiger partial charge in [0.25, 0.3) is 0 Å². The highest BCUT2D eigenvalue weighted by Gasteiger charge is 2.40. The minimum Gasteiger partial charge on any atom is -0.360 e. The lowest BCUT2D eigenvalue weighted by atomic mass is 9.91. The molecule has 0 spiro atoms. The van der Waals surface area contributed by atoms with Crippen LogP contribution in [0.4, 0.5) is 4.39 Å². The second kappa shape index (κ2) is 15.9. The molecule has 3 unspecified atom stereocenters. The first-order valence-electron chi connectivity index (χ1n) is 14.4. The predicted molar refractivity (Wildman–Crippen MR) is 165 cm³/mol. The second-order valence-electron chi connectivity index (χ2n) is 9.88. The summed E-state index contributed by atoms with van der Waals surface area (Å²) in [5.74, 6) is -0.785. The molecule has 0 radical (unpaired) electrons. The molecule has 1 saturated heterocycles. The van der Waals surface area contributed by atoms with E-state index in [0.717, 1.165) is 17.5 Å². The molecule has 4 rings (SSSR count). The van der Waals surface area contributed by atoms with Crippen LogP contribution in [0, 0.1) is 18.7 Å². The lowest BCUT2D eigenvalue weighted by molar-refractivity contribution is -0.141. The van der Waals surface area contributed by atoms with E-state index < -0.39 is 17.8 Å². The maximum atomic E-state index is 13.6. The van der Waals surface area contributed by atoms with Crippen LogP contribution >= 0.6 is 23.2 Å². The molecule has 3 atom stereocenters. The number of likely N-dealkylation sites (tertiary alicyclic amines) is 1. The first kappa shape index (κ1) is 34.3. The van der Waals surface area contributed by atoms with E-state index >= 15 is 0 Å². The van der Waals surface area contributed by atoms with Gasteiger partial charge in [0.2, 0.25) is 11.8 Å². The van der Waals surface area contributed by atoms with E-state index in [1.807, 2.05) is 79.7 Å². The first-order valence-corrected chi connectivity index (χ1v) is 15.1. The molecule has 1 fully saturated rings. The molecule has 2 aromatic carbocycles. The summed E-state index contributed by atoms with van der Waals surface area (Å²) in [7, 11) is 0. The smallest absolute Gasteiger partial charge is 0.243 e. The minimum atomic E-state index is -0.545. The third-order valence-corrected chi connectivity index (χ3v) is 7.39. The quantitative estimate of drug-likeness (QED) is 0.292. The van der Waals surface area contributed by atoms with E-state index in [-0.39, 0.29) is 33.8 Å². The molecule has 2 heterocycles. The van der Waals surface area contributed by atoms with E-state index in [9.17, 15) is 14.0 Å². The molecular formula is C32H42Cl2FN3O3. The molecule has 0 aliphatic carbocycles. The van der Waals surface area contributed by atoms with Crippen molar-refractivity contribution in [2.75, 3.05) is 6.54 Å². The minimum absolute atomic E-state index is 0.00952. The lowest BCUT2D eigenvalue weighted by Gasteiger charge is -2.29. The van der Waals surface area contributed by atoms with Crippen LogP contribution in [-0.4, -0.2) is 34.5 Å². The molecule has 2 amide bonds. The number of amides is 2. The molecule has 41 heavy (non-hydrogen) atoms. The van der Waals surface area contributed by atoms with Crippen molar-refractivity contribution < 1.29 is 18.5 Å². The SMILES string of the molecule is CC.CC.Cc1cc(C(C(=O)N2CCCC2C(=O)NC(C)c2ccc(-c3c(Cl)cc(F)cc3Cl)cc2)C(C)C)on1. The summed E-state index contributed by atoms with van der Waals surface area (Å²) in [5.41, 5.74) is 2.88. The Labute approximate surface area is 253 Å². The zero-order chi connectivity index (χ0) is 30.9. The van der Waals surface area contributed by atoms with Crippen molar-refractivity contribution in [1.82, 2.24) is 15.4 Å².